The number of nitrogens with two attached hydrogens (primary N) is 1. The van der Waals surface area contributed by atoms with Crippen LogP contribution in [-0.4, -0.2) is 15.6 Å². The fourth-order valence-electron chi connectivity index (χ4n) is 1.96. The number of hydrogen-bond donors (Lipinski definition) is 1. The second-order valence-electron chi connectivity index (χ2n) is 4.46. The predicted molar refractivity (Wildman–Crippen MR) is 77.9 cm³/mol. The molecule has 0 radical (unpaired) electrons. The molecule has 20 heavy (non-hydrogen) atoms. The van der Waals surface area contributed by atoms with Crippen molar-refractivity contribution in [3.63, 3.8) is 0 Å². The van der Waals surface area contributed by atoms with Gasteiger partial charge in [0.05, 0.1) is 17.4 Å². The van der Waals surface area contributed by atoms with Gasteiger partial charge in [-0.3, -0.25) is 4.79 Å². The van der Waals surface area contributed by atoms with Crippen LogP contribution in [0.25, 0.3) is 5.69 Å². The Hall–Kier alpha value is -2.88. The zero-order valence-electron chi connectivity index (χ0n) is 10.7. The predicted octanol–water partition coefficient (Wildman–Crippen LogP) is 2.69. The molecule has 0 aliphatic heterocycles. The first-order chi connectivity index (χ1) is 9.74. The summed E-state index contributed by atoms with van der Waals surface area (Å²) in [5, 5.41) is 4.22. The number of carbonyl (C=O) groups excluding carboxylic acids is 1. The Labute approximate surface area is 116 Å². The molecule has 0 fully saturated rings. The van der Waals surface area contributed by atoms with Crippen LogP contribution in [-0.2, 0) is 0 Å². The Morgan fingerprint density at radius 1 is 0.950 bits per heavy atom. The van der Waals surface area contributed by atoms with Crippen LogP contribution < -0.4 is 5.73 Å². The van der Waals surface area contributed by atoms with Gasteiger partial charge in [-0.25, -0.2) is 4.68 Å². The molecule has 0 unspecified atom stereocenters. The largest absolute Gasteiger partial charge is 0.399 e. The molecular formula is C16H13N3O. The molecule has 0 bridgehead atoms. The van der Waals surface area contributed by atoms with Gasteiger partial charge in [0.1, 0.15) is 0 Å². The minimum Gasteiger partial charge on any atom is -0.399 e. The molecule has 0 spiro atoms. The molecule has 0 saturated carbocycles. The van der Waals surface area contributed by atoms with Crippen molar-refractivity contribution in [2.45, 2.75) is 0 Å². The summed E-state index contributed by atoms with van der Waals surface area (Å²) in [7, 11) is 0. The Bertz CT molecular complexity index is 730. The maximum atomic E-state index is 12.3. The second kappa shape index (κ2) is 5.01. The van der Waals surface area contributed by atoms with Gasteiger partial charge < -0.3 is 5.73 Å². The Balaban J connectivity index is 1.90. The van der Waals surface area contributed by atoms with Gasteiger partial charge in [-0.2, -0.15) is 5.10 Å². The number of nitrogens with zero attached hydrogens (tertiary/aromatic N) is 2. The smallest absolute Gasteiger partial charge is 0.196 e. The molecule has 0 saturated heterocycles. The van der Waals surface area contributed by atoms with E-state index in [0.717, 1.165) is 5.69 Å². The lowest BCUT2D eigenvalue weighted by atomic mass is 10.1. The van der Waals surface area contributed by atoms with Gasteiger partial charge in [-0.15, -0.1) is 0 Å². The first-order valence-corrected chi connectivity index (χ1v) is 6.24. The fraction of sp³-hybridized carbons (Fsp3) is 0. The molecule has 3 aromatic rings. The molecule has 1 aromatic heterocycles. The molecule has 0 amide bonds. The van der Waals surface area contributed by atoms with E-state index in [2.05, 4.69) is 5.10 Å². The van der Waals surface area contributed by atoms with Gasteiger partial charge in [0.25, 0.3) is 0 Å². The quantitative estimate of drug-likeness (QED) is 0.583. The van der Waals surface area contributed by atoms with Crippen molar-refractivity contribution in [1.29, 1.82) is 0 Å². The summed E-state index contributed by atoms with van der Waals surface area (Å²) in [6.07, 6.45) is 3.31. The highest BCUT2D eigenvalue weighted by atomic mass is 16.1. The number of benzene rings is 2. The summed E-state index contributed by atoms with van der Waals surface area (Å²) in [5.74, 6) is -0.0628. The lowest BCUT2D eigenvalue weighted by Gasteiger charge is -2.00. The van der Waals surface area contributed by atoms with E-state index in [-0.39, 0.29) is 5.78 Å². The number of carbonyl (C=O) groups is 1. The van der Waals surface area contributed by atoms with Crippen LogP contribution in [0.1, 0.15) is 15.9 Å². The van der Waals surface area contributed by atoms with Crippen molar-refractivity contribution in [3.8, 4) is 5.69 Å². The summed E-state index contributed by atoms with van der Waals surface area (Å²) in [5.41, 5.74) is 8.34. The summed E-state index contributed by atoms with van der Waals surface area (Å²) in [6, 6.07) is 16.5. The number of ketones is 1. The Kier molecular flexibility index (Phi) is 3.05. The van der Waals surface area contributed by atoms with Gasteiger partial charge in [-0.05, 0) is 36.4 Å². The molecule has 0 aliphatic carbocycles. The minimum absolute atomic E-state index is 0.0628. The normalized spacial score (nSPS) is 10.4. The van der Waals surface area contributed by atoms with Gasteiger partial charge in [0, 0.05) is 17.4 Å². The van der Waals surface area contributed by atoms with Crippen molar-refractivity contribution >= 4 is 11.5 Å². The van der Waals surface area contributed by atoms with Crippen LogP contribution in [0.15, 0.2) is 67.0 Å². The summed E-state index contributed by atoms with van der Waals surface area (Å²) < 4.78 is 1.69. The van der Waals surface area contributed by atoms with Gasteiger partial charge in [-0.1, -0.05) is 18.2 Å². The zero-order valence-corrected chi connectivity index (χ0v) is 10.7. The van der Waals surface area contributed by atoms with E-state index in [1.54, 1.807) is 41.3 Å². The molecule has 4 heteroatoms. The number of rotatable bonds is 3. The van der Waals surface area contributed by atoms with Crippen LogP contribution >= 0.6 is 0 Å². The minimum atomic E-state index is -0.0628. The summed E-state index contributed by atoms with van der Waals surface area (Å²) >= 11 is 0. The highest BCUT2D eigenvalue weighted by molar-refractivity contribution is 6.08. The van der Waals surface area contributed by atoms with E-state index in [4.69, 9.17) is 5.73 Å². The fourth-order valence-corrected chi connectivity index (χ4v) is 1.96. The van der Waals surface area contributed by atoms with E-state index in [1.807, 2.05) is 30.3 Å². The van der Waals surface area contributed by atoms with Crippen LogP contribution in [0.3, 0.4) is 0 Å². The molecule has 4 nitrogen and oxygen atoms in total. The third-order valence-electron chi connectivity index (χ3n) is 3.04. The lowest BCUT2D eigenvalue weighted by molar-refractivity contribution is 0.103. The zero-order chi connectivity index (χ0) is 13.9. The maximum absolute atomic E-state index is 12.3. The van der Waals surface area contributed by atoms with Crippen LogP contribution in [0, 0.1) is 0 Å². The van der Waals surface area contributed by atoms with Gasteiger partial charge in [0.15, 0.2) is 5.78 Å². The number of nitrogen functional groups attached to an aromatic ring is 1. The third-order valence-corrected chi connectivity index (χ3v) is 3.04. The van der Waals surface area contributed by atoms with Crippen molar-refractivity contribution in [1.82, 2.24) is 9.78 Å². The van der Waals surface area contributed by atoms with E-state index in [0.29, 0.717) is 16.8 Å². The highest BCUT2D eigenvalue weighted by Gasteiger charge is 2.11. The summed E-state index contributed by atoms with van der Waals surface area (Å²) in [4.78, 5) is 12.3. The first kappa shape index (κ1) is 12.2. The van der Waals surface area contributed by atoms with E-state index in [1.165, 1.54) is 0 Å². The van der Waals surface area contributed by atoms with Gasteiger partial charge in [0.2, 0.25) is 0 Å². The first-order valence-electron chi connectivity index (χ1n) is 6.24. The number of aromatic nitrogens is 2. The van der Waals surface area contributed by atoms with Crippen molar-refractivity contribution in [3.05, 3.63) is 78.1 Å². The molecule has 98 valence electrons. The monoisotopic (exact) mass is 263 g/mol. The molecule has 2 aromatic carbocycles. The SMILES string of the molecule is Nc1ccc(C(=O)c2cnn(-c3ccccc3)c2)cc1. The Morgan fingerprint density at radius 2 is 1.65 bits per heavy atom. The average Bonchev–Trinajstić information content (AvgIpc) is 2.98. The molecule has 1 heterocycles. The standard InChI is InChI=1S/C16H13N3O/c17-14-8-6-12(7-9-14)16(20)13-10-18-19(11-13)15-4-2-1-3-5-15/h1-11H,17H2. The molecular weight excluding hydrogens is 250 g/mol. The highest BCUT2D eigenvalue weighted by Crippen LogP contribution is 2.13. The molecule has 0 atom stereocenters. The average molecular weight is 263 g/mol. The Morgan fingerprint density at radius 3 is 2.35 bits per heavy atom. The topological polar surface area (TPSA) is 60.9 Å². The second-order valence-corrected chi connectivity index (χ2v) is 4.46. The molecule has 0 aliphatic rings. The van der Waals surface area contributed by atoms with Crippen LogP contribution in [0.2, 0.25) is 0 Å². The number of hydrogen-bond acceptors (Lipinski definition) is 3. The molecule has 3 rings (SSSR count). The third kappa shape index (κ3) is 2.31. The van der Waals surface area contributed by atoms with Crippen LogP contribution in [0.5, 0.6) is 0 Å². The van der Waals surface area contributed by atoms with Crippen molar-refractivity contribution in [2.75, 3.05) is 5.73 Å². The van der Waals surface area contributed by atoms with E-state index >= 15 is 0 Å². The van der Waals surface area contributed by atoms with Gasteiger partial charge >= 0.3 is 0 Å². The van der Waals surface area contributed by atoms with E-state index < -0.39 is 0 Å². The van der Waals surface area contributed by atoms with Crippen molar-refractivity contribution < 1.29 is 4.79 Å². The number of anilines is 1. The van der Waals surface area contributed by atoms with E-state index in [9.17, 15) is 4.79 Å². The summed E-state index contributed by atoms with van der Waals surface area (Å²) in [6.45, 7) is 0. The van der Waals surface area contributed by atoms with Crippen LogP contribution in [0.4, 0.5) is 5.69 Å². The lowest BCUT2D eigenvalue weighted by Crippen LogP contribution is -2.00. The maximum Gasteiger partial charge on any atom is 0.196 e. The number of para-hydroxylation sites is 1. The molecule has 2 N–H and O–H groups in total. The van der Waals surface area contributed by atoms with Crippen molar-refractivity contribution in [2.24, 2.45) is 0 Å².